The number of carbonyl (C=O) groups is 2. The van der Waals surface area contributed by atoms with Crippen molar-refractivity contribution in [1.82, 2.24) is 19.3 Å². The van der Waals surface area contributed by atoms with Crippen molar-refractivity contribution in [2.24, 2.45) is 7.05 Å². The normalized spacial score (nSPS) is 20.0. The van der Waals surface area contributed by atoms with E-state index in [1.807, 2.05) is 36.9 Å². The predicted octanol–water partition coefficient (Wildman–Crippen LogP) is 2.56. The van der Waals surface area contributed by atoms with E-state index in [1.54, 1.807) is 0 Å². The van der Waals surface area contributed by atoms with E-state index in [9.17, 15) is 9.59 Å². The van der Waals surface area contributed by atoms with Gasteiger partial charge in [-0.25, -0.2) is 0 Å². The smallest absolute Gasteiger partial charge is 0.238 e. The van der Waals surface area contributed by atoms with Crippen LogP contribution in [0.25, 0.3) is 0 Å². The molecule has 1 unspecified atom stereocenters. The van der Waals surface area contributed by atoms with Gasteiger partial charge in [0.1, 0.15) is 0 Å². The summed E-state index contributed by atoms with van der Waals surface area (Å²) in [6.07, 6.45) is 4.31. The number of nitrogens with one attached hydrogen (secondary N) is 1. The Morgan fingerprint density at radius 3 is 2.34 bits per heavy atom. The van der Waals surface area contributed by atoms with Crippen LogP contribution >= 0.6 is 0 Å². The minimum absolute atomic E-state index is 0.00431. The number of aryl methyl sites for hydroxylation is 3. The lowest BCUT2D eigenvalue weighted by atomic mass is 10.1. The second-order valence-corrected chi connectivity index (χ2v) is 9.14. The Morgan fingerprint density at radius 2 is 1.69 bits per heavy atom. The molecule has 1 atom stereocenters. The number of hydrogen-bond donors (Lipinski definition) is 1. The molecule has 2 fully saturated rings. The van der Waals surface area contributed by atoms with Crippen molar-refractivity contribution in [1.29, 1.82) is 0 Å². The van der Waals surface area contributed by atoms with Crippen LogP contribution in [-0.2, 0) is 16.6 Å². The van der Waals surface area contributed by atoms with Crippen molar-refractivity contribution in [3.8, 4) is 0 Å². The lowest BCUT2D eigenvalue weighted by Gasteiger charge is -2.35. The number of piperazine rings is 1. The van der Waals surface area contributed by atoms with Crippen molar-refractivity contribution in [2.45, 2.75) is 32.7 Å². The molecule has 2 aliphatic heterocycles. The zero-order valence-corrected chi connectivity index (χ0v) is 19.5. The molecule has 0 bridgehead atoms. The van der Waals surface area contributed by atoms with E-state index >= 15 is 0 Å². The highest BCUT2D eigenvalue weighted by atomic mass is 16.2. The maximum absolute atomic E-state index is 13.0. The predicted molar refractivity (Wildman–Crippen MR) is 127 cm³/mol. The first-order chi connectivity index (χ1) is 15.4. The van der Waals surface area contributed by atoms with Crippen LogP contribution in [0.1, 0.15) is 35.7 Å². The topological polar surface area (TPSA) is 60.8 Å². The van der Waals surface area contributed by atoms with Gasteiger partial charge in [0, 0.05) is 50.8 Å². The molecule has 7 nitrogen and oxygen atoms in total. The largest absolute Gasteiger partial charge is 0.353 e. The fraction of sp³-hybridized carbons (Fsp3) is 0.520. The van der Waals surface area contributed by atoms with Gasteiger partial charge >= 0.3 is 0 Å². The summed E-state index contributed by atoms with van der Waals surface area (Å²) in [5, 5.41) is 3.06. The van der Waals surface area contributed by atoms with Gasteiger partial charge in [-0.05, 0) is 56.5 Å². The number of rotatable bonds is 6. The first kappa shape index (κ1) is 22.6. The number of aromatic nitrogens is 1. The monoisotopic (exact) mass is 437 g/mol. The van der Waals surface area contributed by atoms with Gasteiger partial charge < -0.3 is 14.8 Å². The maximum Gasteiger partial charge on any atom is 0.238 e. The van der Waals surface area contributed by atoms with Crippen molar-refractivity contribution < 1.29 is 9.59 Å². The summed E-state index contributed by atoms with van der Waals surface area (Å²) in [5.74, 6) is 0.204. The molecule has 0 spiro atoms. The standard InChI is InChI=1S/C25H35N5O2/c1-19-7-4-8-20(2)25(19)26-23(31)17-28-13-15-29(16-14-28)24(32)18-30-12-6-10-22(30)21-9-5-11-27(21)3/h4-5,7-9,11,22H,6,10,12-18H2,1-3H3,(H,26,31). The molecule has 0 saturated carbocycles. The van der Waals surface area contributed by atoms with Gasteiger partial charge in [-0.3, -0.25) is 19.4 Å². The molecule has 2 saturated heterocycles. The molecule has 7 heteroatoms. The molecule has 1 aromatic heterocycles. The molecule has 2 amide bonds. The van der Waals surface area contributed by atoms with Gasteiger partial charge in [-0.2, -0.15) is 0 Å². The average Bonchev–Trinajstić information content (AvgIpc) is 3.39. The van der Waals surface area contributed by atoms with Crippen LogP contribution in [0.2, 0.25) is 0 Å². The fourth-order valence-electron chi connectivity index (χ4n) is 4.99. The Balaban J connectivity index is 1.25. The third-order valence-corrected chi connectivity index (χ3v) is 6.87. The van der Waals surface area contributed by atoms with Crippen LogP contribution < -0.4 is 5.32 Å². The van der Waals surface area contributed by atoms with E-state index in [4.69, 9.17) is 0 Å². The van der Waals surface area contributed by atoms with Crippen LogP contribution in [-0.4, -0.2) is 76.9 Å². The lowest BCUT2D eigenvalue weighted by molar-refractivity contribution is -0.134. The van der Waals surface area contributed by atoms with Crippen molar-refractivity contribution in [2.75, 3.05) is 51.1 Å². The van der Waals surface area contributed by atoms with Gasteiger partial charge in [-0.15, -0.1) is 0 Å². The van der Waals surface area contributed by atoms with Gasteiger partial charge in [0.2, 0.25) is 11.8 Å². The molecule has 4 rings (SSSR count). The van der Waals surface area contributed by atoms with Crippen LogP contribution in [0, 0.1) is 13.8 Å². The molecule has 32 heavy (non-hydrogen) atoms. The molecule has 2 aromatic rings. The number of benzene rings is 1. The van der Waals surface area contributed by atoms with Crippen LogP contribution in [0.15, 0.2) is 36.5 Å². The molecule has 172 valence electrons. The first-order valence-corrected chi connectivity index (χ1v) is 11.6. The summed E-state index contributed by atoms with van der Waals surface area (Å²) in [5.41, 5.74) is 4.34. The van der Waals surface area contributed by atoms with Gasteiger partial charge in [0.15, 0.2) is 0 Å². The second kappa shape index (κ2) is 9.88. The van der Waals surface area contributed by atoms with Gasteiger partial charge in [-0.1, -0.05) is 18.2 Å². The van der Waals surface area contributed by atoms with Crippen LogP contribution in [0.3, 0.4) is 0 Å². The van der Waals surface area contributed by atoms with Gasteiger partial charge in [0.05, 0.1) is 19.1 Å². The highest BCUT2D eigenvalue weighted by molar-refractivity contribution is 5.93. The summed E-state index contributed by atoms with van der Waals surface area (Å²) in [6, 6.07) is 10.6. The number of hydrogen-bond acceptors (Lipinski definition) is 4. The summed E-state index contributed by atoms with van der Waals surface area (Å²) >= 11 is 0. The van der Waals surface area contributed by atoms with E-state index < -0.39 is 0 Å². The maximum atomic E-state index is 13.0. The minimum atomic E-state index is 0.00431. The Bertz CT molecular complexity index is 941. The number of carbonyl (C=O) groups excluding carboxylic acids is 2. The second-order valence-electron chi connectivity index (χ2n) is 9.14. The highest BCUT2D eigenvalue weighted by Crippen LogP contribution is 2.31. The van der Waals surface area contributed by atoms with Crippen molar-refractivity contribution in [3.05, 3.63) is 53.3 Å². The molecular weight excluding hydrogens is 402 g/mol. The molecule has 0 radical (unpaired) electrons. The average molecular weight is 438 g/mol. The van der Waals surface area contributed by atoms with E-state index in [1.165, 1.54) is 5.69 Å². The van der Waals surface area contributed by atoms with Gasteiger partial charge in [0.25, 0.3) is 0 Å². The first-order valence-electron chi connectivity index (χ1n) is 11.6. The Kier molecular flexibility index (Phi) is 6.96. The Labute approximate surface area is 191 Å². The zero-order valence-electron chi connectivity index (χ0n) is 19.5. The molecule has 2 aliphatic rings. The third-order valence-electron chi connectivity index (χ3n) is 6.87. The summed E-state index contributed by atoms with van der Waals surface area (Å²) < 4.78 is 2.16. The van der Waals surface area contributed by atoms with E-state index in [2.05, 4.69) is 45.1 Å². The molecule has 1 aromatic carbocycles. The minimum Gasteiger partial charge on any atom is -0.353 e. The zero-order chi connectivity index (χ0) is 22.7. The Hall–Kier alpha value is -2.64. The fourth-order valence-corrected chi connectivity index (χ4v) is 4.99. The van der Waals surface area contributed by atoms with E-state index in [-0.39, 0.29) is 11.8 Å². The Morgan fingerprint density at radius 1 is 0.969 bits per heavy atom. The number of amides is 2. The van der Waals surface area contributed by atoms with E-state index in [0.717, 1.165) is 49.3 Å². The highest BCUT2D eigenvalue weighted by Gasteiger charge is 2.31. The molecular formula is C25H35N5O2. The van der Waals surface area contributed by atoms with Crippen molar-refractivity contribution in [3.63, 3.8) is 0 Å². The molecule has 0 aliphatic carbocycles. The number of likely N-dealkylation sites (tertiary alicyclic amines) is 1. The van der Waals surface area contributed by atoms with Crippen LogP contribution in [0.4, 0.5) is 5.69 Å². The number of nitrogens with zero attached hydrogens (tertiary/aromatic N) is 4. The van der Waals surface area contributed by atoms with E-state index in [0.29, 0.717) is 32.2 Å². The number of para-hydroxylation sites is 1. The van der Waals surface area contributed by atoms with Crippen molar-refractivity contribution >= 4 is 17.5 Å². The quantitative estimate of drug-likeness (QED) is 0.755. The SMILES string of the molecule is Cc1cccc(C)c1NC(=O)CN1CCN(C(=O)CN2CCCC2c2cccn2C)CC1. The summed E-state index contributed by atoms with van der Waals surface area (Å²) in [4.78, 5) is 32.0. The summed E-state index contributed by atoms with van der Waals surface area (Å²) in [6.45, 7) is 8.64. The molecule has 1 N–H and O–H groups in total. The number of anilines is 1. The lowest BCUT2D eigenvalue weighted by Crippen LogP contribution is -2.52. The van der Waals surface area contributed by atoms with Crippen LogP contribution in [0.5, 0.6) is 0 Å². The molecule has 3 heterocycles. The third kappa shape index (κ3) is 5.05. The summed E-state index contributed by atoms with van der Waals surface area (Å²) in [7, 11) is 2.07.